The van der Waals surface area contributed by atoms with Gasteiger partial charge in [-0.15, -0.1) is 0 Å². The van der Waals surface area contributed by atoms with Gasteiger partial charge in [0.05, 0.1) is 19.3 Å². The second kappa shape index (κ2) is 8.22. The molecule has 6 heteroatoms. The van der Waals surface area contributed by atoms with Gasteiger partial charge in [-0.2, -0.15) is 0 Å². The number of nitrogens with zero attached hydrogens (tertiary/aromatic N) is 2. The standard InChI is InChI=1S/C15H27N3O3/c1-13-12-21-11-10-18(13)15(20)16-7-5-9-17-8-4-2-3-6-14(17)19/h13H,2-12H2,1H3,(H,16,20). The Balaban J connectivity index is 1.64. The first-order chi connectivity index (χ1) is 10.2. The number of likely N-dealkylation sites (tertiary alicyclic amines) is 1. The van der Waals surface area contributed by atoms with Gasteiger partial charge in [0.25, 0.3) is 0 Å². The lowest BCUT2D eigenvalue weighted by atomic mass is 10.2. The summed E-state index contributed by atoms with van der Waals surface area (Å²) in [6.07, 6.45) is 4.76. The zero-order valence-electron chi connectivity index (χ0n) is 13.0. The average Bonchev–Trinajstić information content (AvgIpc) is 2.68. The number of carbonyl (C=O) groups excluding carboxylic acids is 2. The molecule has 2 saturated heterocycles. The lowest BCUT2D eigenvalue weighted by molar-refractivity contribution is -0.130. The van der Waals surface area contributed by atoms with Crippen molar-refractivity contribution in [2.45, 2.75) is 45.1 Å². The smallest absolute Gasteiger partial charge is 0.317 e. The minimum atomic E-state index is -0.0204. The molecule has 2 heterocycles. The van der Waals surface area contributed by atoms with Crippen molar-refractivity contribution < 1.29 is 14.3 Å². The van der Waals surface area contributed by atoms with Gasteiger partial charge in [-0.1, -0.05) is 6.42 Å². The molecular formula is C15H27N3O3. The number of nitrogens with one attached hydrogen (secondary N) is 1. The summed E-state index contributed by atoms with van der Waals surface area (Å²) in [6.45, 7) is 6.10. The molecule has 120 valence electrons. The van der Waals surface area contributed by atoms with E-state index in [2.05, 4.69) is 5.32 Å². The van der Waals surface area contributed by atoms with Crippen molar-refractivity contribution in [2.24, 2.45) is 0 Å². The number of rotatable bonds is 4. The summed E-state index contributed by atoms with van der Waals surface area (Å²) < 4.78 is 5.32. The highest BCUT2D eigenvalue weighted by Gasteiger charge is 2.23. The van der Waals surface area contributed by atoms with Crippen LogP contribution >= 0.6 is 0 Å². The van der Waals surface area contributed by atoms with Crippen LogP contribution in [0.5, 0.6) is 0 Å². The third-order valence-electron chi connectivity index (χ3n) is 4.18. The first-order valence-electron chi connectivity index (χ1n) is 8.08. The summed E-state index contributed by atoms with van der Waals surface area (Å²) >= 11 is 0. The number of morpholine rings is 1. The second-order valence-electron chi connectivity index (χ2n) is 5.89. The van der Waals surface area contributed by atoms with Gasteiger partial charge in [-0.3, -0.25) is 4.79 Å². The third-order valence-corrected chi connectivity index (χ3v) is 4.18. The fraction of sp³-hybridized carbons (Fsp3) is 0.867. The lowest BCUT2D eigenvalue weighted by Crippen LogP contribution is -2.51. The van der Waals surface area contributed by atoms with E-state index in [1.165, 1.54) is 0 Å². The molecule has 0 aromatic heterocycles. The SMILES string of the molecule is CC1COCCN1C(=O)NCCCN1CCCCCC1=O. The highest BCUT2D eigenvalue weighted by Crippen LogP contribution is 2.11. The average molecular weight is 297 g/mol. The molecule has 21 heavy (non-hydrogen) atoms. The summed E-state index contributed by atoms with van der Waals surface area (Å²) in [4.78, 5) is 27.7. The van der Waals surface area contributed by atoms with Gasteiger partial charge in [0.1, 0.15) is 0 Å². The van der Waals surface area contributed by atoms with Crippen LogP contribution in [-0.2, 0) is 9.53 Å². The van der Waals surface area contributed by atoms with Crippen LogP contribution < -0.4 is 5.32 Å². The maximum atomic E-state index is 12.1. The van der Waals surface area contributed by atoms with Crippen LogP contribution in [0.2, 0.25) is 0 Å². The van der Waals surface area contributed by atoms with Crippen LogP contribution in [-0.4, -0.2) is 67.2 Å². The van der Waals surface area contributed by atoms with Gasteiger partial charge in [0.15, 0.2) is 0 Å². The minimum absolute atomic E-state index is 0.0204. The van der Waals surface area contributed by atoms with E-state index in [4.69, 9.17) is 4.74 Å². The van der Waals surface area contributed by atoms with E-state index >= 15 is 0 Å². The molecule has 2 aliphatic rings. The van der Waals surface area contributed by atoms with Crippen molar-refractivity contribution in [3.8, 4) is 0 Å². The van der Waals surface area contributed by atoms with Gasteiger partial charge >= 0.3 is 6.03 Å². The summed E-state index contributed by atoms with van der Waals surface area (Å²) in [5, 5.41) is 2.95. The molecule has 0 spiro atoms. The molecule has 0 saturated carbocycles. The molecule has 1 atom stereocenters. The molecule has 1 N–H and O–H groups in total. The lowest BCUT2D eigenvalue weighted by Gasteiger charge is -2.33. The van der Waals surface area contributed by atoms with E-state index < -0.39 is 0 Å². The molecule has 0 aromatic carbocycles. The van der Waals surface area contributed by atoms with E-state index in [1.54, 1.807) is 0 Å². The van der Waals surface area contributed by atoms with Crippen LogP contribution in [0.25, 0.3) is 0 Å². The number of amides is 3. The van der Waals surface area contributed by atoms with Crippen LogP contribution in [0.4, 0.5) is 4.79 Å². The Morgan fingerprint density at radius 2 is 2.19 bits per heavy atom. The Morgan fingerprint density at radius 1 is 1.33 bits per heavy atom. The quantitative estimate of drug-likeness (QED) is 0.793. The van der Waals surface area contributed by atoms with Gasteiger partial charge in [-0.25, -0.2) is 4.79 Å². The predicted molar refractivity (Wildman–Crippen MR) is 80.1 cm³/mol. The summed E-state index contributed by atoms with van der Waals surface area (Å²) in [7, 11) is 0. The second-order valence-corrected chi connectivity index (χ2v) is 5.89. The monoisotopic (exact) mass is 297 g/mol. The van der Waals surface area contributed by atoms with Gasteiger partial charge in [0.2, 0.25) is 5.91 Å². The number of hydrogen-bond donors (Lipinski definition) is 1. The maximum Gasteiger partial charge on any atom is 0.317 e. The molecular weight excluding hydrogens is 270 g/mol. The summed E-state index contributed by atoms with van der Waals surface area (Å²) in [6, 6.07) is 0.110. The topological polar surface area (TPSA) is 61.9 Å². The first-order valence-corrected chi connectivity index (χ1v) is 8.08. The van der Waals surface area contributed by atoms with Crippen molar-refractivity contribution in [1.82, 2.24) is 15.1 Å². The molecule has 0 aliphatic carbocycles. The Bertz CT molecular complexity index is 362. The molecule has 1 unspecified atom stereocenters. The minimum Gasteiger partial charge on any atom is -0.377 e. The van der Waals surface area contributed by atoms with Crippen molar-refractivity contribution in [3.63, 3.8) is 0 Å². The predicted octanol–water partition coefficient (Wildman–Crippen LogP) is 1.21. The third kappa shape index (κ3) is 4.88. The molecule has 0 aromatic rings. The molecule has 2 rings (SSSR count). The fourth-order valence-electron chi connectivity index (χ4n) is 2.87. The summed E-state index contributed by atoms with van der Waals surface area (Å²) in [5.74, 6) is 0.264. The zero-order chi connectivity index (χ0) is 15.1. The highest BCUT2D eigenvalue weighted by atomic mass is 16.5. The first kappa shape index (κ1) is 16.1. The number of urea groups is 1. The molecule has 0 bridgehead atoms. The molecule has 3 amide bonds. The van der Waals surface area contributed by atoms with Crippen molar-refractivity contribution in [3.05, 3.63) is 0 Å². The summed E-state index contributed by atoms with van der Waals surface area (Å²) in [5.41, 5.74) is 0. The zero-order valence-corrected chi connectivity index (χ0v) is 13.0. The normalized spacial score (nSPS) is 23.9. The molecule has 6 nitrogen and oxygen atoms in total. The Hall–Kier alpha value is -1.30. The molecule has 2 fully saturated rings. The van der Waals surface area contributed by atoms with Crippen molar-refractivity contribution in [2.75, 3.05) is 39.4 Å². The van der Waals surface area contributed by atoms with Crippen LogP contribution in [0.15, 0.2) is 0 Å². The van der Waals surface area contributed by atoms with E-state index in [0.717, 1.165) is 38.8 Å². The van der Waals surface area contributed by atoms with Crippen LogP contribution in [0.1, 0.15) is 39.0 Å². The number of hydrogen-bond acceptors (Lipinski definition) is 3. The van der Waals surface area contributed by atoms with Gasteiger partial charge in [0, 0.05) is 32.6 Å². The Labute approximate surface area is 126 Å². The van der Waals surface area contributed by atoms with Gasteiger partial charge < -0.3 is 19.9 Å². The largest absolute Gasteiger partial charge is 0.377 e. The highest BCUT2D eigenvalue weighted by molar-refractivity contribution is 5.76. The molecule has 2 aliphatic heterocycles. The Morgan fingerprint density at radius 3 is 3.00 bits per heavy atom. The van der Waals surface area contributed by atoms with E-state index in [9.17, 15) is 9.59 Å². The van der Waals surface area contributed by atoms with Crippen molar-refractivity contribution in [1.29, 1.82) is 0 Å². The van der Waals surface area contributed by atoms with E-state index in [1.807, 2.05) is 16.7 Å². The van der Waals surface area contributed by atoms with Crippen LogP contribution in [0.3, 0.4) is 0 Å². The van der Waals surface area contributed by atoms with Crippen molar-refractivity contribution >= 4 is 11.9 Å². The van der Waals surface area contributed by atoms with Crippen LogP contribution in [0, 0.1) is 0 Å². The van der Waals surface area contributed by atoms with Gasteiger partial charge in [-0.05, 0) is 26.2 Å². The van der Waals surface area contributed by atoms with E-state index in [0.29, 0.717) is 32.7 Å². The number of ether oxygens (including phenoxy) is 1. The Kier molecular flexibility index (Phi) is 6.29. The maximum absolute atomic E-state index is 12.1. The fourth-order valence-corrected chi connectivity index (χ4v) is 2.87. The van der Waals surface area contributed by atoms with E-state index in [-0.39, 0.29) is 18.0 Å². The number of carbonyl (C=O) groups is 2. The molecule has 0 radical (unpaired) electrons.